The Balaban J connectivity index is 2.05. The Morgan fingerprint density at radius 3 is 2.47 bits per heavy atom. The van der Waals surface area contributed by atoms with Gasteiger partial charge in [0.1, 0.15) is 5.92 Å². The lowest BCUT2D eigenvalue weighted by Crippen LogP contribution is -2.48. The van der Waals surface area contributed by atoms with Gasteiger partial charge in [-0.25, -0.2) is 0 Å². The van der Waals surface area contributed by atoms with Gasteiger partial charge in [-0.05, 0) is 19.8 Å². The van der Waals surface area contributed by atoms with Crippen LogP contribution in [0.25, 0.3) is 0 Å². The van der Waals surface area contributed by atoms with E-state index in [1.54, 1.807) is 4.90 Å². The molecule has 1 saturated heterocycles. The normalized spacial score (nSPS) is 28.3. The summed E-state index contributed by atoms with van der Waals surface area (Å²) in [4.78, 5) is 25.5. The molecule has 2 rings (SSSR count). The highest BCUT2D eigenvalue weighted by molar-refractivity contribution is 5.80. The Morgan fingerprint density at radius 2 is 1.89 bits per heavy atom. The molecule has 0 aromatic heterocycles. The molecule has 2 unspecified atom stereocenters. The molecule has 108 valence electrons. The number of carbonyl (C=O) groups excluding carboxylic acids is 1. The topological polar surface area (TPSA) is 66.8 Å². The predicted molar refractivity (Wildman–Crippen MR) is 69.7 cm³/mol. The third kappa shape index (κ3) is 3.08. The largest absolute Gasteiger partial charge is 0.481 e. The zero-order valence-electron chi connectivity index (χ0n) is 11.5. The van der Waals surface area contributed by atoms with E-state index in [1.807, 2.05) is 6.92 Å². The lowest BCUT2D eigenvalue weighted by Gasteiger charge is -2.33. The highest BCUT2D eigenvalue weighted by Gasteiger charge is 2.40. The number of amides is 1. The highest BCUT2D eigenvalue weighted by atomic mass is 16.5. The summed E-state index contributed by atoms with van der Waals surface area (Å²) in [6, 6.07) is -0.295. The molecule has 1 N–H and O–H groups in total. The van der Waals surface area contributed by atoms with Gasteiger partial charge in [-0.2, -0.15) is 0 Å². The van der Waals surface area contributed by atoms with E-state index in [0.717, 1.165) is 25.7 Å². The van der Waals surface area contributed by atoms with Crippen molar-refractivity contribution in [1.29, 1.82) is 0 Å². The summed E-state index contributed by atoms with van der Waals surface area (Å²) < 4.78 is 5.28. The van der Waals surface area contributed by atoms with Gasteiger partial charge in [0, 0.05) is 12.5 Å². The maximum atomic E-state index is 12.6. The van der Waals surface area contributed by atoms with Crippen molar-refractivity contribution < 1.29 is 19.4 Å². The van der Waals surface area contributed by atoms with Gasteiger partial charge in [0.25, 0.3) is 0 Å². The highest BCUT2D eigenvalue weighted by Crippen LogP contribution is 2.28. The number of hydrogen-bond donors (Lipinski definition) is 1. The Labute approximate surface area is 113 Å². The number of carboxylic acid groups (broad SMARTS) is 1. The van der Waals surface area contributed by atoms with Gasteiger partial charge >= 0.3 is 5.97 Å². The van der Waals surface area contributed by atoms with Crippen LogP contribution in [0.2, 0.25) is 0 Å². The van der Waals surface area contributed by atoms with Crippen LogP contribution >= 0.6 is 0 Å². The fourth-order valence-electron chi connectivity index (χ4n) is 3.22. The van der Waals surface area contributed by atoms with Crippen LogP contribution in [-0.4, -0.2) is 47.7 Å². The van der Waals surface area contributed by atoms with E-state index in [0.29, 0.717) is 13.2 Å². The van der Waals surface area contributed by atoms with Gasteiger partial charge in [-0.3, -0.25) is 9.59 Å². The number of carboxylic acids is 1. The molecule has 2 aliphatic rings. The average Bonchev–Trinajstić information content (AvgIpc) is 2.90. The van der Waals surface area contributed by atoms with E-state index in [-0.39, 0.29) is 24.5 Å². The SMILES string of the molecule is CCN(C(=O)C1CCCCC1)C1COCC1C(=O)O. The molecule has 0 spiro atoms. The summed E-state index contributed by atoms with van der Waals surface area (Å²) in [5.41, 5.74) is 0. The van der Waals surface area contributed by atoms with Crippen LogP contribution in [0, 0.1) is 11.8 Å². The summed E-state index contributed by atoms with van der Waals surface area (Å²) >= 11 is 0. The smallest absolute Gasteiger partial charge is 0.311 e. The standard InChI is InChI=1S/C14H23NO4/c1-2-15(12-9-19-8-11(12)14(17)18)13(16)10-6-4-3-5-7-10/h10-12H,2-9H2,1H3,(H,17,18). The van der Waals surface area contributed by atoms with E-state index in [9.17, 15) is 14.7 Å². The monoisotopic (exact) mass is 269 g/mol. The Kier molecular flexibility index (Phi) is 4.80. The molecule has 2 atom stereocenters. The fraction of sp³-hybridized carbons (Fsp3) is 0.857. The number of ether oxygens (including phenoxy) is 1. The number of aliphatic carboxylic acids is 1. The molecule has 1 heterocycles. The summed E-state index contributed by atoms with van der Waals surface area (Å²) in [5, 5.41) is 9.20. The number of carbonyl (C=O) groups is 2. The maximum Gasteiger partial charge on any atom is 0.311 e. The molecule has 1 aliphatic carbocycles. The minimum atomic E-state index is -0.864. The van der Waals surface area contributed by atoms with Gasteiger partial charge in [-0.15, -0.1) is 0 Å². The summed E-state index contributed by atoms with van der Waals surface area (Å²) in [6.07, 6.45) is 5.32. The number of nitrogens with zero attached hydrogens (tertiary/aromatic N) is 1. The zero-order valence-corrected chi connectivity index (χ0v) is 11.5. The molecule has 0 aromatic carbocycles. The Bertz CT molecular complexity index is 338. The Morgan fingerprint density at radius 1 is 1.21 bits per heavy atom. The Hall–Kier alpha value is -1.10. The summed E-state index contributed by atoms with van der Waals surface area (Å²) in [6.45, 7) is 3.04. The lowest BCUT2D eigenvalue weighted by atomic mass is 9.87. The molecule has 0 radical (unpaired) electrons. The van der Waals surface area contributed by atoms with Crippen molar-refractivity contribution in [2.45, 2.75) is 45.1 Å². The van der Waals surface area contributed by atoms with Crippen molar-refractivity contribution in [3.8, 4) is 0 Å². The second-order valence-electron chi connectivity index (χ2n) is 5.51. The van der Waals surface area contributed by atoms with Crippen molar-refractivity contribution in [2.24, 2.45) is 11.8 Å². The second kappa shape index (κ2) is 6.37. The van der Waals surface area contributed by atoms with Crippen LogP contribution in [0.1, 0.15) is 39.0 Å². The molecule has 0 bridgehead atoms. The van der Waals surface area contributed by atoms with Crippen LogP contribution in [0.4, 0.5) is 0 Å². The molecule has 19 heavy (non-hydrogen) atoms. The molecule has 5 heteroatoms. The third-order valence-electron chi connectivity index (χ3n) is 4.35. The maximum absolute atomic E-state index is 12.6. The van der Waals surface area contributed by atoms with Crippen LogP contribution in [0.3, 0.4) is 0 Å². The van der Waals surface area contributed by atoms with Crippen molar-refractivity contribution in [3.63, 3.8) is 0 Å². The van der Waals surface area contributed by atoms with Gasteiger partial charge in [-0.1, -0.05) is 19.3 Å². The fourth-order valence-corrected chi connectivity index (χ4v) is 3.22. The van der Waals surface area contributed by atoms with E-state index in [1.165, 1.54) is 6.42 Å². The van der Waals surface area contributed by atoms with Gasteiger partial charge in [0.2, 0.25) is 5.91 Å². The van der Waals surface area contributed by atoms with Crippen LogP contribution < -0.4 is 0 Å². The van der Waals surface area contributed by atoms with E-state index in [2.05, 4.69) is 0 Å². The van der Waals surface area contributed by atoms with E-state index >= 15 is 0 Å². The summed E-state index contributed by atoms with van der Waals surface area (Å²) in [5.74, 6) is -1.22. The number of likely N-dealkylation sites (N-methyl/N-ethyl adjacent to an activating group) is 1. The quantitative estimate of drug-likeness (QED) is 0.840. The summed E-state index contributed by atoms with van der Waals surface area (Å²) in [7, 11) is 0. The molecular weight excluding hydrogens is 246 g/mol. The third-order valence-corrected chi connectivity index (χ3v) is 4.35. The van der Waals surface area contributed by atoms with E-state index in [4.69, 9.17) is 4.74 Å². The molecule has 0 aromatic rings. The van der Waals surface area contributed by atoms with Crippen LogP contribution in [0.5, 0.6) is 0 Å². The van der Waals surface area contributed by atoms with Crippen molar-refractivity contribution >= 4 is 11.9 Å². The second-order valence-corrected chi connectivity index (χ2v) is 5.51. The van der Waals surface area contributed by atoms with Crippen molar-refractivity contribution in [1.82, 2.24) is 4.90 Å². The van der Waals surface area contributed by atoms with Gasteiger partial charge in [0.15, 0.2) is 0 Å². The molecule has 1 aliphatic heterocycles. The molecule has 5 nitrogen and oxygen atoms in total. The minimum absolute atomic E-state index is 0.0868. The molecule has 1 amide bonds. The lowest BCUT2D eigenvalue weighted by molar-refractivity contribution is -0.146. The average molecular weight is 269 g/mol. The van der Waals surface area contributed by atoms with Crippen LogP contribution in [-0.2, 0) is 14.3 Å². The van der Waals surface area contributed by atoms with Gasteiger partial charge < -0.3 is 14.7 Å². The molecular formula is C14H23NO4. The molecule has 2 fully saturated rings. The first-order valence-corrected chi connectivity index (χ1v) is 7.26. The first-order chi connectivity index (χ1) is 9.15. The number of rotatable bonds is 4. The first kappa shape index (κ1) is 14.3. The van der Waals surface area contributed by atoms with Gasteiger partial charge in [0.05, 0.1) is 19.3 Å². The molecule has 1 saturated carbocycles. The number of hydrogen-bond acceptors (Lipinski definition) is 3. The van der Waals surface area contributed by atoms with Crippen molar-refractivity contribution in [3.05, 3.63) is 0 Å². The zero-order chi connectivity index (χ0) is 13.8. The predicted octanol–water partition coefficient (Wildman–Crippen LogP) is 1.51. The first-order valence-electron chi connectivity index (χ1n) is 7.26. The van der Waals surface area contributed by atoms with Crippen LogP contribution in [0.15, 0.2) is 0 Å². The van der Waals surface area contributed by atoms with Crippen molar-refractivity contribution in [2.75, 3.05) is 19.8 Å². The minimum Gasteiger partial charge on any atom is -0.481 e. The van der Waals surface area contributed by atoms with E-state index < -0.39 is 11.9 Å².